The molecule has 2 aromatic carbocycles. The van der Waals surface area contributed by atoms with Gasteiger partial charge in [0.15, 0.2) is 0 Å². The van der Waals surface area contributed by atoms with E-state index in [0.717, 1.165) is 30.4 Å². The van der Waals surface area contributed by atoms with Gasteiger partial charge in [0.2, 0.25) is 0 Å². The highest BCUT2D eigenvalue weighted by Gasteiger charge is 2.21. The average Bonchev–Trinajstić information content (AvgIpc) is 2.65. The van der Waals surface area contributed by atoms with Crippen LogP contribution in [0.15, 0.2) is 60.2 Å². The Morgan fingerprint density at radius 2 is 1.33 bits per heavy atom. The first-order valence-corrected chi connectivity index (χ1v) is 8.54. The third kappa shape index (κ3) is 2.80. The quantitative estimate of drug-likeness (QED) is 0.813. The average molecular weight is 316 g/mol. The molecule has 120 valence electrons. The van der Waals surface area contributed by atoms with Gasteiger partial charge in [-0.2, -0.15) is 0 Å². The highest BCUT2D eigenvalue weighted by molar-refractivity contribution is 5.99. The van der Waals surface area contributed by atoms with E-state index in [1.807, 2.05) is 6.08 Å². The number of carboxylic acid groups (broad SMARTS) is 1. The molecule has 0 amide bonds. The first kappa shape index (κ1) is 14.9. The van der Waals surface area contributed by atoms with Gasteiger partial charge >= 0.3 is 5.97 Å². The Balaban J connectivity index is 1.87. The summed E-state index contributed by atoms with van der Waals surface area (Å²) in [5, 5.41) is 9.40. The molecule has 2 aromatic rings. The van der Waals surface area contributed by atoms with Crippen molar-refractivity contribution in [1.29, 1.82) is 0 Å². The number of aliphatic carboxylic acids is 1. The van der Waals surface area contributed by atoms with Gasteiger partial charge in [-0.1, -0.05) is 54.6 Å². The fourth-order valence-corrected chi connectivity index (χ4v) is 3.69. The van der Waals surface area contributed by atoms with Gasteiger partial charge in [0.1, 0.15) is 0 Å². The van der Waals surface area contributed by atoms with E-state index in [4.69, 9.17) is 0 Å². The van der Waals surface area contributed by atoms with Gasteiger partial charge in [0, 0.05) is 12.0 Å². The van der Waals surface area contributed by atoms with Crippen LogP contribution in [0.3, 0.4) is 0 Å². The lowest BCUT2D eigenvalue weighted by Crippen LogP contribution is -2.07. The topological polar surface area (TPSA) is 37.3 Å². The smallest absolute Gasteiger partial charge is 0.331 e. The number of carboxylic acids is 1. The molecular weight excluding hydrogens is 296 g/mol. The lowest BCUT2D eigenvalue weighted by molar-refractivity contribution is -0.132. The van der Waals surface area contributed by atoms with Gasteiger partial charge in [-0.15, -0.1) is 0 Å². The Labute approximate surface area is 142 Å². The molecule has 5 aliphatic carbocycles. The van der Waals surface area contributed by atoms with Crippen molar-refractivity contribution in [2.24, 2.45) is 0 Å². The first-order chi connectivity index (χ1) is 11.7. The second-order valence-electron chi connectivity index (χ2n) is 6.62. The van der Waals surface area contributed by atoms with Crippen molar-refractivity contribution in [3.63, 3.8) is 0 Å². The Hall–Kier alpha value is -2.61. The Morgan fingerprint density at radius 1 is 0.792 bits per heavy atom. The van der Waals surface area contributed by atoms with E-state index in [0.29, 0.717) is 18.4 Å². The van der Waals surface area contributed by atoms with Crippen LogP contribution in [0, 0.1) is 0 Å². The molecule has 0 unspecified atom stereocenters. The summed E-state index contributed by atoms with van der Waals surface area (Å²) in [6.45, 7) is 0. The highest BCUT2D eigenvalue weighted by atomic mass is 16.4. The zero-order valence-corrected chi connectivity index (χ0v) is 13.6. The van der Waals surface area contributed by atoms with Crippen LogP contribution >= 0.6 is 0 Å². The number of benzene rings is 2. The molecule has 7 rings (SSSR count). The molecular formula is C22H20O2. The molecule has 0 saturated heterocycles. The van der Waals surface area contributed by atoms with E-state index in [9.17, 15) is 9.90 Å². The lowest BCUT2D eigenvalue weighted by atomic mass is 9.84. The predicted molar refractivity (Wildman–Crippen MR) is 96.7 cm³/mol. The fourth-order valence-electron chi connectivity index (χ4n) is 3.69. The van der Waals surface area contributed by atoms with E-state index in [-0.39, 0.29) is 0 Å². The van der Waals surface area contributed by atoms with Crippen molar-refractivity contribution in [3.05, 3.63) is 82.4 Å². The van der Waals surface area contributed by atoms with Crippen LogP contribution < -0.4 is 0 Å². The third-order valence-corrected chi connectivity index (χ3v) is 5.09. The predicted octanol–water partition coefficient (Wildman–Crippen LogP) is 4.89. The molecule has 0 atom stereocenters. The minimum absolute atomic E-state index is 0.492. The van der Waals surface area contributed by atoms with Gasteiger partial charge in [0.05, 0.1) is 0 Å². The summed E-state index contributed by atoms with van der Waals surface area (Å²) in [7, 11) is 0. The molecule has 24 heavy (non-hydrogen) atoms. The molecule has 0 spiro atoms. The van der Waals surface area contributed by atoms with Gasteiger partial charge in [-0.25, -0.2) is 4.79 Å². The van der Waals surface area contributed by atoms with Crippen LogP contribution in [-0.2, 0) is 17.6 Å². The molecule has 0 heterocycles. The molecule has 1 N–H and O–H groups in total. The van der Waals surface area contributed by atoms with Crippen molar-refractivity contribution in [2.75, 3.05) is 0 Å². The summed E-state index contributed by atoms with van der Waals surface area (Å²) in [5.41, 5.74) is 7.96. The largest absolute Gasteiger partial charge is 0.478 e. The zero-order chi connectivity index (χ0) is 16.5. The van der Waals surface area contributed by atoms with Crippen LogP contribution in [0.4, 0.5) is 0 Å². The van der Waals surface area contributed by atoms with Crippen LogP contribution in [0.1, 0.15) is 41.5 Å². The Bertz CT molecular complexity index is 837. The normalized spacial score (nSPS) is 16.8. The van der Waals surface area contributed by atoms with E-state index >= 15 is 0 Å². The molecule has 2 heteroatoms. The maximum Gasteiger partial charge on any atom is 0.331 e. The summed E-state index contributed by atoms with van der Waals surface area (Å²) in [5.74, 6) is -0.809. The van der Waals surface area contributed by atoms with Crippen LogP contribution in [-0.4, -0.2) is 11.1 Å². The fraction of sp³-hybridized carbons (Fsp3) is 0.227. The lowest BCUT2D eigenvalue weighted by Gasteiger charge is -2.20. The second-order valence-corrected chi connectivity index (χ2v) is 6.62. The van der Waals surface area contributed by atoms with Crippen molar-refractivity contribution >= 4 is 17.1 Å². The van der Waals surface area contributed by atoms with Crippen molar-refractivity contribution in [2.45, 2.75) is 32.1 Å². The molecule has 0 fully saturated rings. The van der Waals surface area contributed by atoms with Crippen molar-refractivity contribution in [1.82, 2.24) is 0 Å². The summed E-state index contributed by atoms with van der Waals surface area (Å²) >= 11 is 0. The Morgan fingerprint density at radius 3 is 1.88 bits per heavy atom. The number of aryl methyl sites for hydroxylation is 2. The Kier molecular flexibility index (Phi) is 3.81. The molecule has 4 bridgehead atoms. The standard InChI is InChI=1S/C22H20O2/c23-22(24)19-12-13-20-17-8-4-15(5-9-17)2-1-3-16-6-10-18(11-7-16)21(20)14-19/h4-12H,1-3,13-14H2,(H,23,24). The summed E-state index contributed by atoms with van der Waals surface area (Å²) < 4.78 is 0. The van der Waals surface area contributed by atoms with E-state index < -0.39 is 5.97 Å². The second kappa shape index (κ2) is 6.12. The van der Waals surface area contributed by atoms with Gasteiger partial charge in [0.25, 0.3) is 0 Å². The molecule has 0 radical (unpaired) electrons. The van der Waals surface area contributed by atoms with Gasteiger partial charge in [-0.05, 0) is 59.1 Å². The van der Waals surface area contributed by atoms with Crippen molar-refractivity contribution < 1.29 is 9.90 Å². The molecule has 0 aromatic heterocycles. The molecule has 5 aliphatic rings. The van der Waals surface area contributed by atoms with Gasteiger partial charge < -0.3 is 5.11 Å². The van der Waals surface area contributed by atoms with Crippen LogP contribution in [0.5, 0.6) is 0 Å². The molecule has 0 aliphatic heterocycles. The monoisotopic (exact) mass is 316 g/mol. The number of hydrogen-bond acceptors (Lipinski definition) is 1. The van der Waals surface area contributed by atoms with E-state index in [1.165, 1.54) is 22.3 Å². The van der Waals surface area contributed by atoms with Crippen LogP contribution in [0.25, 0.3) is 11.1 Å². The number of hydrogen-bond donors (Lipinski definition) is 1. The van der Waals surface area contributed by atoms with Crippen LogP contribution in [0.2, 0.25) is 0 Å². The summed E-state index contributed by atoms with van der Waals surface area (Å²) in [4.78, 5) is 11.4. The maximum absolute atomic E-state index is 11.4. The zero-order valence-electron chi connectivity index (χ0n) is 13.6. The number of rotatable bonds is 1. The highest BCUT2D eigenvalue weighted by Crippen LogP contribution is 2.38. The van der Waals surface area contributed by atoms with E-state index in [2.05, 4.69) is 48.5 Å². The minimum atomic E-state index is -0.809. The minimum Gasteiger partial charge on any atom is -0.478 e. The van der Waals surface area contributed by atoms with E-state index in [1.54, 1.807) is 0 Å². The van der Waals surface area contributed by atoms with Gasteiger partial charge in [-0.3, -0.25) is 0 Å². The number of allylic oxidation sites excluding steroid dienone is 3. The summed E-state index contributed by atoms with van der Waals surface area (Å²) in [6, 6.07) is 17.5. The SMILES string of the molecule is O=C(O)C1=CCC2=C(C1)c1ccc(cc1)CCCc1ccc2cc1. The first-order valence-electron chi connectivity index (χ1n) is 8.54. The maximum atomic E-state index is 11.4. The molecule has 2 nitrogen and oxygen atoms in total. The molecule has 0 saturated carbocycles. The van der Waals surface area contributed by atoms with Crippen molar-refractivity contribution in [3.8, 4) is 0 Å². The third-order valence-electron chi connectivity index (χ3n) is 5.09. The number of carbonyl (C=O) groups is 1. The summed E-state index contributed by atoms with van der Waals surface area (Å²) in [6.07, 6.45) is 6.35.